The van der Waals surface area contributed by atoms with Gasteiger partial charge in [0.15, 0.2) is 0 Å². The first-order chi connectivity index (χ1) is 16.6. The molecule has 0 aromatic carbocycles. The molecule has 5 saturated carbocycles. The first-order valence-corrected chi connectivity index (χ1v) is 15.0. The van der Waals surface area contributed by atoms with Gasteiger partial charge in [0.2, 0.25) is 0 Å². The smallest absolute Gasteiger partial charge is 0.312 e. The maximum atomic E-state index is 13.4. The van der Waals surface area contributed by atoms with Crippen molar-refractivity contribution in [1.29, 1.82) is 0 Å². The average molecular weight is 499 g/mol. The highest BCUT2D eigenvalue weighted by Crippen LogP contribution is 2.78. The van der Waals surface area contributed by atoms with E-state index in [4.69, 9.17) is 9.47 Å². The summed E-state index contributed by atoms with van der Waals surface area (Å²) in [6, 6.07) is 0. The van der Waals surface area contributed by atoms with Crippen LogP contribution in [0.1, 0.15) is 120 Å². The SMILES string of the molecule is CC(=O)O[C@@H]1CC[C@@]2(C)[C@H](CC[C@]3(C)[C@@H]2CC[C@@H]2[C@H]4[C@@H]5OC(=O)[C@@]4(CCC5(C)C)CC[C@]23C)C1(C)C. The van der Waals surface area contributed by atoms with E-state index in [1.807, 2.05) is 0 Å². The Morgan fingerprint density at radius 2 is 1.50 bits per heavy atom. The summed E-state index contributed by atoms with van der Waals surface area (Å²) in [6.07, 6.45) is 11.6. The first kappa shape index (κ1) is 25.2. The van der Waals surface area contributed by atoms with E-state index in [0.29, 0.717) is 23.7 Å². The van der Waals surface area contributed by atoms with Crippen molar-refractivity contribution in [3.8, 4) is 0 Å². The highest BCUT2D eigenvalue weighted by Gasteiger charge is 2.75. The van der Waals surface area contributed by atoms with E-state index < -0.39 is 0 Å². The lowest BCUT2D eigenvalue weighted by atomic mass is 9.31. The van der Waals surface area contributed by atoms with Gasteiger partial charge in [0.05, 0.1) is 5.41 Å². The van der Waals surface area contributed by atoms with E-state index in [2.05, 4.69) is 48.5 Å². The van der Waals surface area contributed by atoms with E-state index >= 15 is 0 Å². The largest absolute Gasteiger partial charge is 0.462 e. The van der Waals surface area contributed by atoms with Crippen LogP contribution in [0.3, 0.4) is 0 Å². The average Bonchev–Trinajstić information content (AvgIpc) is 3.03. The van der Waals surface area contributed by atoms with Crippen LogP contribution in [-0.2, 0) is 19.1 Å². The summed E-state index contributed by atoms with van der Waals surface area (Å²) in [5, 5.41) is 0. The quantitative estimate of drug-likeness (QED) is 0.355. The Hall–Kier alpha value is -1.06. The second kappa shape index (κ2) is 7.32. The van der Waals surface area contributed by atoms with Gasteiger partial charge in [-0.2, -0.15) is 0 Å². The molecular weight excluding hydrogens is 448 g/mol. The summed E-state index contributed by atoms with van der Waals surface area (Å²) in [5.41, 5.74) is 0.665. The van der Waals surface area contributed by atoms with Crippen molar-refractivity contribution in [2.45, 2.75) is 132 Å². The lowest BCUT2D eigenvalue weighted by Gasteiger charge is -2.73. The van der Waals surface area contributed by atoms with Crippen molar-refractivity contribution in [2.24, 2.45) is 56.2 Å². The minimum absolute atomic E-state index is 0.00113. The molecule has 0 N–H and O–H groups in total. The molecule has 6 aliphatic rings. The van der Waals surface area contributed by atoms with Gasteiger partial charge < -0.3 is 9.47 Å². The van der Waals surface area contributed by atoms with E-state index in [-0.39, 0.29) is 56.6 Å². The minimum Gasteiger partial charge on any atom is -0.462 e. The van der Waals surface area contributed by atoms with E-state index in [1.54, 1.807) is 6.92 Å². The molecule has 1 saturated heterocycles. The maximum absolute atomic E-state index is 13.4. The number of hydrogen-bond donors (Lipinski definition) is 0. The van der Waals surface area contributed by atoms with Crippen LogP contribution in [-0.4, -0.2) is 24.1 Å². The molecule has 6 rings (SSSR count). The van der Waals surface area contributed by atoms with Crippen molar-refractivity contribution in [2.75, 3.05) is 0 Å². The Balaban J connectivity index is 1.36. The Morgan fingerprint density at radius 3 is 2.19 bits per heavy atom. The van der Waals surface area contributed by atoms with E-state index in [0.717, 1.165) is 32.1 Å². The second-order valence-corrected chi connectivity index (χ2v) is 16.1. The van der Waals surface area contributed by atoms with Crippen LogP contribution < -0.4 is 0 Å². The Labute approximate surface area is 219 Å². The molecule has 2 bridgehead atoms. The molecule has 4 heteroatoms. The molecular formula is C32H50O4. The molecule has 0 radical (unpaired) electrons. The third kappa shape index (κ3) is 2.83. The molecule has 1 aliphatic heterocycles. The Morgan fingerprint density at radius 1 is 0.806 bits per heavy atom. The zero-order valence-corrected chi connectivity index (χ0v) is 24.2. The lowest BCUT2D eigenvalue weighted by molar-refractivity contribution is -0.254. The van der Waals surface area contributed by atoms with Crippen LogP contribution in [0.25, 0.3) is 0 Å². The van der Waals surface area contributed by atoms with Gasteiger partial charge >= 0.3 is 11.9 Å². The highest BCUT2D eigenvalue weighted by atomic mass is 16.6. The molecule has 36 heavy (non-hydrogen) atoms. The molecule has 6 fully saturated rings. The van der Waals surface area contributed by atoms with Crippen molar-refractivity contribution in [3.05, 3.63) is 0 Å². The number of ether oxygens (including phenoxy) is 2. The van der Waals surface area contributed by atoms with Crippen molar-refractivity contribution in [3.63, 3.8) is 0 Å². The summed E-state index contributed by atoms with van der Waals surface area (Å²) in [6.45, 7) is 18.9. The zero-order chi connectivity index (χ0) is 26.1. The normalized spacial score (nSPS) is 54.3. The van der Waals surface area contributed by atoms with Gasteiger partial charge in [-0.15, -0.1) is 0 Å². The molecule has 202 valence electrons. The number of esters is 2. The van der Waals surface area contributed by atoms with E-state index in [1.165, 1.54) is 32.1 Å². The summed E-state index contributed by atoms with van der Waals surface area (Å²) >= 11 is 0. The maximum Gasteiger partial charge on any atom is 0.312 e. The van der Waals surface area contributed by atoms with Crippen molar-refractivity contribution >= 4 is 11.9 Å². The predicted molar refractivity (Wildman–Crippen MR) is 140 cm³/mol. The molecule has 0 aromatic rings. The van der Waals surface area contributed by atoms with Crippen LogP contribution in [0, 0.1) is 56.2 Å². The fourth-order valence-corrected chi connectivity index (χ4v) is 12.2. The van der Waals surface area contributed by atoms with Gasteiger partial charge in [-0.05, 0) is 98.2 Å². The van der Waals surface area contributed by atoms with Gasteiger partial charge in [-0.25, -0.2) is 0 Å². The van der Waals surface area contributed by atoms with Crippen LogP contribution in [0.5, 0.6) is 0 Å². The van der Waals surface area contributed by atoms with Crippen molar-refractivity contribution in [1.82, 2.24) is 0 Å². The summed E-state index contributed by atoms with van der Waals surface area (Å²) in [7, 11) is 0. The molecule has 0 unspecified atom stereocenters. The van der Waals surface area contributed by atoms with Gasteiger partial charge in [-0.3, -0.25) is 9.59 Å². The Kier molecular flexibility index (Phi) is 5.13. The topological polar surface area (TPSA) is 52.6 Å². The summed E-state index contributed by atoms with van der Waals surface area (Å²) in [4.78, 5) is 25.3. The standard InChI is InChI=1S/C32H50O4/c1-19(33)35-23-12-13-29(6)21(28(23,4)5)11-14-31(8)22(29)10-9-20-24-25-27(2,3)15-17-32(24,26(34)36-25)18-16-30(20,31)7/h20-25H,9-18H2,1-8H3/t20-,21-,22-,23-,24+,25+,29+,30-,31-,32+/m1/s1. The van der Waals surface area contributed by atoms with Crippen LogP contribution >= 0.6 is 0 Å². The zero-order valence-electron chi connectivity index (χ0n) is 24.2. The van der Waals surface area contributed by atoms with Crippen molar-refractivity contribution < 1.29 is 19.1 Å². The fraction of sp³-hybridized carbons (Fsp3) is 0.938. The third-order valence-corrected chi connectivity index (χ3v) is 14.3. The predicted octanol–water partition coefficient (Wildman–Crippen LogP) is 7.34. The van der Waals surface area contributed by atoms with Gasteiger partial charge in [0.25, 0.3) is 0 Å². The van der Waals surface area contributed by atoms with E-state index in [9.17, 15) is 9.59 Å². The van der Waals surface area contributed by atoms with Crippen LogP contribution in [0.4, 0.5) is 0 Å². The van der Waals surface area contributed by atoms with Gasteiger partial charge in [-0.1, -0.05) is 48.5 Å². The Bertz CT molecular complexity index is 983. The molecule has 4 nitrogen and oxygen atoms in total. The number of rotatable bonds is 1. The number of carbonyl (C=O) groups excluding carboxylic acids is 2. The first-order valence-electron chi connectivity index (χ1n) is 15.0. The monoisotopic (exact) mass is 498 g/mol. The molecule has 5 aliphatic carbocycles. The minimum atomic E-state index is -0.210. The molecule has 10 atom stereocenters. The molecule has 1 heterocycles. The van der Waals surface area contributed by atoms with Gasteiger partial charge in [0.1, 0.15) is 12.2 Å². The van der Waals surface area contributed by atoms with Crippen LogP contribution in [0.15, 0.2) is 0 Å². The number of fused-ring (bicyclic) bond motifs is 5. The molecule has 0 aromatic heterocycles. The third-order valence-electron chi connectivity index (χ3n) is 14.3. The lowest BCUT2D eigenvalue weighted by Crippen LogP contribution is -2.68. The number of hydrogen-bond acceptors (Lipinski definition) is 4. The van der Waals surface area contributed by atoms with Gasteiger partial charge in [0, 0.05) is 23.7 Å². The van der Waals surface area contributed by atoms with Crippen LogP contribution in [0.2, 0.25) is 0 Å². The summed E-state index contributed by atoms with van der Waals surface area (Å²) < 4.78 is 12.2. The summed E-state index contributed by atoms with van der Waals surface area (Å²) in [5.74, 6) is 2.23. The highest BCUT2D eigenvalue weighted by molar-refractivity contribution is 5.81. The molecule has 0 spiro atoms. The number of carbonyl (C=O) groups is 2. The second-order valence-electron chi connectivity index (χ2n) is 16.1. The fourth-order valence-electron chi connectivity index (χ4n) is 12.2. The molecule has 0 amide bonds.